The average Bonchev–Trinajstić information content (AvgIpc) is 2.75. The predicted octanol–water partition coefficient (Wildman–Crippen LogP) is 2.00. The molecule has 2 N–H and O–H groups in total. The Morgan fingerprint density at radius 3 is 2.59 bits per heavy atom. The van der Waals surface area contributed by atoms with Gasteiger partial charge in [-0.15, -0.1) is 0 Å². The molecule has 2 rings (SSSR count). The fraction of sp³-hybridized carbons (Fsp3) is 0.500. The van der Waals surface area contributed by atoms with Gasteiger partial charge in [0, 0.05) is 31.5 Å². The quantitative estimate of drug-likeness (QED) is 0.835. The van der Waals surface area contributed by atoms with Crippen molar-refractivity contribution in [1.82, 2.24) is 5.32 Å². The standard InChI is InChI=1S/C12H14F3NO/c13-12(14,15)11-4-2-1-3-9(11)10-6-16-5-8(10)7-17/h1-4,8,10,16-17H,5-7H2/t8-,10+/m1/s1. The predicted molar refractivity (Wildman–Crippen MR) is 57.6 cm³/mol. The molecule has 17 heavy (non-hydrogen) atoms. The maximum atomic E-state index is 12.8. The van der Waals surface area contributed by atoms with E-state index in [4.69, 9.17) is 0 Å². The van der Waals surface area contributed by atoms with Crippen LogP contribution in [0.4, 0.5) is 13.2 Å². The molecule has 1 heterocycles. The number of benzene rings is 1. The van der Waals surface area contributed by atoms with E-state index in [9.17, 15) is 18.3 Å². The first-order valence-electron chi connectivity index (χ1n) is 5.51. The zero-order valence-electron chi connectivity index (χ0n) is 9.17. The molecule has 0 bridgehead atoms. The molecule has 5 heteroatoms. The van der Waals surface area contributed by atoms with E-state index in [1.807, 2.05) is 0 Å². The molecule has 1 aromatic carbocycles. The zero-order chi connectivity index (χ0) is 12.5. The third-order valence-corrected chi connectivity index (χ3v) is 3.24. The Morgan fingerprint density at radius 2 is 1.94 bits per heavy atom. The fourth-order valence-electron chi connectivity index (χ4n) is 2.37. The van der Waals surface area contributed by atoms with Crippen LogP contribution < -0.4 is 5.32 Å². The summed E-state index contributed by atoms with van der Waals surface area (Å²) in [5.74, 6) is -0.406. The molecule has 94 valence electrons. The smallest absolute Gasteiger partial charge is 0.396 e. The molecule has 0 spiro atoms. The Kier molecular flexibility index (Phi) is 3.40. The summed E-state index contributed by atoms with van der Waals surface area (Å²) in [7, 11) is 0. The number of hydrogen-bond acceptors (Lipinski definition) is 2. The van der Waals surface area contributed by atoms with Crippen LogP contribution in [0, 0.1) is 5.92 Å². The van der Waals surface area contributed by atoms with E-state index in [1.165, 1.54) is 12.1 Å². The minimum absolute atomic E-state index is 0.0934. The van der Waals surface area contributed by atoms with E-state index in [0.29, 0.717) is 13.1 Å². The molecular formula is C12H14F3NO. The molecule has 0 saturated carbocycles. The highest BCUT2D eigenvalue weighted by molar-refractivity contribution is 5.34. The van der Waals surface area contributed by atoms with E-state index in [2.05, 4.69) is 5.32 Å². The van der Waals surface area contributed by atoms with Crippen LogP contribution in [-0.2, 0) is 6.18 Å². The van der Waals surface area contributed by atoms with Gasteiger partial charge >= 0.3 is 6.18 Å². The van der Waals surface area contributed by atoms with Gasteiger partial charge in [-0.25, -0.2) is 0 Å². The van der Waals surface area contributed by atoms with E-state index >= 15 is 0 Å². The largest absolute Gasteiger partial charge is 0.416 e. The third kappa shape index (κ3) is 2.45. The Hall–Kier alpha value is -1.07. The van der Waals surface area contributed by atoms with Gasteiger partial charge in [0.15, 0.2) is 0 Å². The Labute approximate surface area is 97.5 Å². The maximum Gasteiger partial charge on any atom is 0.416 e. The maximum absolute atomic E-state index is 12.8. The van der Waals surface area contributed by atoms with Gasteiger partial charge in [0.2, 0.25) is 0 Å². The van der Waals surface area contributed by atoms with E-state index in [1.54, 1.807) is 6.07 Å². The van der Waals surface area contributed by atoms with Crippen LogP contribution in [0.1, 0.15) is 17.0 Å². The second-order valence-corrected chi connectivity index (χ2v) is 4.29. The number of aliphatic hydroxyl groups excluding tert-OH is 1. The Balaban J connectivity index is 2.38. The summed E-state index contributed by atoms with van der Waals surface area (Å²) in [4.78, 5) is 0. The Bertz CT molecular complexity index is 392. The number of halogens is 3. The highest BCUT2D eigenvalue weighted by Crippen LogP contribution is 2.38. The summed E-state index contributed by atoms with van der Waals surface area (Å²) in [5.41, 5.74) is -0.309. The van der Waals surface area contributed by atoms with E-state index in [0.717, 1.165) is 6.07 Å². The zero-order valence-corrected chi connectivity index (χ0v) is 9.17. The van der Waals surface area contributed by atoms with Crippen LogP contribution in [-0.4, -0.2) is 24.8 Å². The molecular weight excluding hydrogens is 231 g/mol. The monoisotopic (exact) mass is 245 g/mol. The number of nitrogens with one attached hydrogen (secondary N) is 1. The minimum Gasteiger partial charge on any atom is -0.396 e. The van der Waals surface area contributed by atoms with Crippen molar-refractivity contribution in [3.8, 4) is 0 Å². The first-order valence-corrected chi connectivity index (χ1v) is 5.51. The van der Waals surface area contributed by atoms with Crippen LogP contribution in [0.3, 0.4) is 0 Å². The van der Waals surface area contributed by atoms with Gasteiger partial charge in [0.25, 0.3) is 0 Å². The third-order valence-electron chi connectivity index (χ3n) is 3.24. The van der Waals surface area contributed by atoms with Crippen molar-refractivity contribution < 1.29 is 18.3 Å². The van der Waals surface area contributed by atoms with E-state index in [-0.39, 0.29) is 24.0 Å². The molecule has 0 amide bonds. The van der Waals surface area contributed by atoms with Gasteiger partial charge in [-0.05, 0) is 11.6 Å². The van der Waals surface area contributed by atoms with Gasteiger partial charge in [0.05, 0.1) is 5.56 Å². The lowest BCUT2D eigenvalue weighted by Gasteiger charge is -2.21. The van der Waals surface area contributed by atoms with Crippen LogP contribution in [0.2, 0.25) is 0 Å². The Morgan fingerprint density at radius 1 is 1.24 bits per heavy atom. The SMILES string of the molecule is OC[C@H]1CNC[C@@H]1c1ccccc1C(F)(F)F. The lowest BCUT2D eigenvalue weighted by molar-refractivity contribution is -0.138. The lowest BCUT2D eigenvalue weighted by atomic mass is 9.86. The molecule has 2 atom stereocenters. The average molecular weight is 245 g/mol. The first-order chi connectivity index (χ1) is 8.04. The molecule has 1 aliphatic heterocycles. The van der Waals surface area contributed by atoms with Crippen molar-refractivity contribution in [2.24, 2.45) is 5.92 Å². The normalized spacial score (nSPS) is 25.2. The number of rotatable bonds is 2. The highest BCUT2D eigenvalue weighted by atomic mass is 19.4. The number of alkyl halides is 3. The summed E-state index contributed by atoms with van der Waals surface area (Å²) in [6.45, 7) is 0.954. The highest BCUT2D eigenvalue weighted by Gasteiger charge is 2.38. The number of aliphatic hydroxyl groups is 1. The molecule has 1 aromatic rings. The fourth-order valence-corrected chi connectivity index (χ4v) is 2.37. The second-order valence-electron chi connectivity index (χ2n) is 4.29. The first kappa shape index (κ1) is 12.4. The van der Waals surface area contributed by atoms with Crippen molar-refractivity contribution >= 4 is 0 Å². The molecule has 0 aliphatic carbocycles. The van der Waals surface area contributed by atoms with Crippen LogP contribution in [0.15, 0.2) is 24.3 Å². The number of hydrogen-bond donors (Lipinski definition) is 2. The summed E-state index contributed by atoms with van der Waals surface area (Å²) in [6, 6.07) is 5.60. The van der Waals surface area contributed by atoms with Crippen LogP contribution in [0.5, 0.6) is 0 Å². The van der Waals surface area contributed by atoms with Crippen molar-refractivity contribution in [1.29, 1.82) is 0 Å². The summed E-state index contributed by atoms with van der Waals surface area (Å²) >= 11 is 0. The molecule has 2 nitrogen and oxygen atoms in total. The van der Waals surface area contributed by atoms with Crippen molar-refractivity contribution in [2.75, 3.05) is 19.7 Å². The molecule has 1 saturated heterocycles. The lowest BCUT2D eigenvalue weighted by Crippen LogP contribution is -2.19. The van der Waals surface area contributed by atoms with E-state index < -0.39 is 11.7 Å². The van der Waals surface area contributed by atoms with Crippen molar-refractivity contribution in [2.45, 2.75) is 12.1 Å². The summed E-state index contributed by atoms with van der Waals surface area (Å²) in [6.07, 6.45) is -4.33. The van der Waals surface area contributed by atoms with Gasteiger partial charge in [-0.2, -0.15) is 13.2 Å². The molecule has 1 aliphatic rings. The minimum atomic E-state index is -4.33. The molecule has 0 aromatic heterocycles. The summed E-state index contributed by atoms with van der Waals surface area (Å²) < 4.78 is 38.5. The van der Waals surface area contributed by atoms with Gasteiger partial charge in [-0.3, -0.25) is 0 Å². The van der Waals surface area contributed by atoms with Gasteiger partial charge in [0.1, 0.15) is 0 Å². The molecule has 0 radical (unpaired) electrons. The summed E-state index contributed by atoms with van der Waals surface area (Å²) in [5, 5.41) is 12.2. The van der Waals surface area contributed by atoms with Crippen molar-refractivity contribution in [3.05, 3.63) is 35.4 Å². The van der Waals surface area contributed by atoms with Gasteiger partial charge in [-0.1, -0.05) is 18.2 Å². The van der Waals surface area contributed by atoms with Crippen molar-refractivity contribution in [3.63, 3.8) is 0 Å². The van der Waals surface area contributed by atoms with Crippen LogP contribution in [0.25, 0.3) is 0 Å². The second kappa shape index (κ2) is 4.66. The molecule has 0 unspecified atom stereocenters. The van der Waals surface area contributed by atoms with Gasteiger partial charge < -0.3 is 10.4 Å². The topological polar surface area (TPSA) is 32.3 Å². The molecule has 1 fully saturated rings. The van der Waals surface area contributed by atoms with Crippen LogP contribution >= 0.6 is 0 Å².